The first-order valence-electron chi connectivity index (χ1n) is 11.7. The van der Waals surface area contributed by atoms with Gasteiger partial charge in [-0.3, -0.25) is 14.3 Å². The maximum absolute atomic E-state index is 13.5. The third kappa shape index (κ3) is 5.63. The Hall–Kier alpha value is -4.39. The van der Waals surface area contributed by atoms with Gasteiger partial charge in [-0.25, -0.2) is 0 Å². The van der Waals surface area contributed by atoms with Gasteiger partial charge in [0.25, 0.3) is 5.91 Å². The number of aromatic nitrogens is 2. The van der Waals surface area contributed by atoms with Crippen LogP contribution in [0.2, 0.25) is 0 Å². The van der Waals surface area contributed by atoms with Gasteiger partial charge >= 0.3 is 0 Å². The minimum atomic E-state index is -0.288. The van der Waals surface area contributed by atoms with E-state index in [1.165, 1.54) is 4.90 Å². The molecular formula is C29H30N4O3. The predicted molar refractivity (Wildman–Crippen MR) is 141 cm³/mol. The molecule has 0 aliphatic rings. The summed E-state index contributed by atoms with van der Waals surface area (Å²) in [7, 11) is 3.22. The fourth-order valence-electron chi connectivity index (χ4n) is 4.10. The molecular weight excluding hydrogens is 452 g/mol. The molecule has 4 aromatic rings. The van der Waals surface area contributed by atoms with Crippen LogP contribution < -0.4 is 10.1 Å². The first-order valence-corrected chi connectivity index (χ1v) is 11.7. The van der Waals surface area contributed by atoms with Crippen molar-refractivity contribution in [3.8, 4) is 17.0 Å². The molecule has 184 valence electrons. The molecule has 0 aliphatic heterocycles. The van der Waals surface area contributed by atoms with Gasteiger partial charge in [-0.05, 0) is 42.7 Å². The summed E-state index contributed by atoms with van der Waals surface area (Å²) in [5, 5.41) is 7.68. The number of hydrogen-bond acceptors (Lipinski definition) is 4. The Kier molecular flexibility index (Phi) is 7.49. The molecule has 4 rings (SSSR count). The van der Waals surface area contributed by atoms with E-state index in [1.807, 2.05) is 86.6 Å². The number of carbonyl (C=O) groups is 2. The van der Waals surface area contributed by atoms with E-state index >= 15 is 0 Å². The van der Waals surface area contributed by atoms with Crippen LogP contribution in [0.1, 0.15) is 27.0 Å². The van der Waals surface area contributed by atoms with Gasteiger partial charge in [0.05, 0.1) is 25.8 Å². The predicted octanol–water partition coefficient (Wildman–Crippen LogP) is 4.93. The number of amides is 2. The number of nitrogens with one attached hydrogen (secondary N) is 1. The highest BCUT2D eigenvalue weighted by Gasteiger charge is 2.23. The maximum Gasteiger partial charge on any atom is 0.257 e. The largest absolute Gasteiger partial charge is 0.497 e. The second kappa shape index (κ2) is 10.9. The van der Waals surface area contributed by atoms with Gasteiger partial charge in [-0.15, -0.1) is 0 Å². The number of ether oxygens (including phenoxy) is 1. The first kappa shape index (κ1) is 24.7. The average Bonchev–Trinajstić information content (AvgIpc) is 3.30. The van der Waals surface area contributed by atoms with Crippen LogP contribution in [0.15, 0.2) is 79.0 Å². The van der Waals surface area contributed by atoms with Gasteiger partial charge in [0, 0.05) is 24.5 Å². The van der Waals surface area contributed by atoms with E-state index < -0.39 is 0 Å². The standard InChI is InChI=1S/C29H30N4O3/c1-20-10-8-11-21(2)27(20)30-26(34)19-32(3)29(35)25-18-33(17-22-12-6-5-7-13-22)31-28(25)23-14-9-15-24(16-23)36-4/h5-16,18H,17,19H2,1-4H3,(H,30,34). The van der Waals surface area contributed by atoms with E-state index in [-0.39, 0.29) is 18.4 Å². The van der Waals surface area contributed by atoms with E-state index in [1.54, 1.807) is 25.0 Å². The van der Waals surface area contributed by atoms with Crippen molar-refractivity contribution in [1.82, 2.24) is 14.7 Å². The lowest BCUT2D eigenvalue weighted by atomic mass is 10.1. The number of likely N-dealkylation sites (N-methyl/N-ethyl adjacent to an activating group) is 1. The van der Waals surface area contributed by atoms with E-state index in [9.17, 15) is 9.59 Å². The molecule has 2 amide bonds. The van der Waals surface area contributed by atoms with Crippen molar-refractivity contribution in [2.24, 2.45) is 0 Å². The summed E-state index contributed by atoms with van der Waals surface area (Å²) in [6.07, 6.45) is 1.74. The molecule has 7 heteroatoms. The number of carbonyl (C=O) groups excluding carboxylic acids is 2. The maximum atomic E-state index is 13.5. The smallest absolute Gasteiger partial charge is 0.257 e. The van der Waals surface area contributed by atoms with Gasteiger partial charge in [-0.1, -0.05) is 60.7 Å². The van der Waals surface area contributed by atoms with Crippen LogP contribution in [0.25, 0.3) is 11.3 Å². The van der Waals surface area contributed by atoms with Crippen molar-refractivity contribution in [3.63, 3.8) is 0 Å². The van der Waals surface area contributed by atoms with Gasteiger partial charge in [-0.2, -0.15) is 5.10 Å². The molecule has 0 unspecified atom stereocenters. The monoisotopic (exact) mass is 482 g/mol. The topological polar surface area (TPSA) is 76.5 Å². The molecule has 7 nitrogen and oxygen atoms in total. The van der Waals surface area contributed by atoms with Crippen molar-refractivity contribution >= 4 is 17.5 Å². The highest BCUT2D eigenvalue weighted by molar-refractivity contribution is 6.03. The van der Waals surface area contributed by atoms with E-state index in [0.29, 0.717) is 23.6 Å². The number of aryl methyl sites for hydroxylation is 2. The van der Waals surface area contributed by atoms with E-state index in [0.717, 1.165) is 27.9 Å². The lowest BCUT2D eigenvalue weighted by molar-refractivity contribution is -0.116. The van der Waals surface area contributed by atoms with Crippen molar-refractivity contribution < 1.29 is 14.3 Å². The second-order valence-corrected chi connectivity index (χ2v) is 8.78. The Morgan fingerprint density at radius 3 is 2.36 bits per heavy atom. The third-order valence-corrected chi connectivity index (χ3v) is 6.00. The minimum absolute atomic E-state index is 0.0893. The third-order valence-electron chi connectivity index (χ3n) is 6.00. The summed E-state index contributed by atoms with van der Waals surface area (Å²) < 4.78 is 7.12. The summed E-state index contributed by atoms with van der Waals surface area (Å²) in [6, 6.07) is 23.2. The Morgan fingerprint density at radius 1 is 0.972 bits per heavy atom. The van der Waals surface area contributed by atoms with Crippen LogP contribution in [-0.2, 0) is 11.3 Å². The minimum Gasteiger partial charge on any atom is -0.497 e. The molecule has 0 bridgehead atoms. The highest BCUT2D eigenvalue weighted by atomic mass is 16.5. The molecule has 0 atom stereocenters. The van der Waals surface area contributed by atoms with Gasteiger partial charge in [0.1, 0.15) is 11.4 Å². The second-order valence-electron chi connectivity index (χ2n) is 8.78. The lowest BCUT2D eigenvalue weighted by Crippen LogP contribution is -2.35. The quantitative estimate of drug-likeness (QED) is 0.386. The highest BCUT2D eigenvalue weighted by Crippen LogP contribution is 2.27. The van der Waals surface area contributed by atoms with Crippen molar-refractivity contribution in [2.45, 2.75) is 20.4 Å². The van der Waals surface area contributed by atoms with Crippen LogP contribution >= 0.6 is 0 Å². The van der Waals surface area contributed by atoms with Crippen molar-refractivity contribution in [3.05, 3.63) is 101 Å². The van der Waals surface area contributed by atoms with Crippen molar-refractivity contribution in [2.75, 3.05) is 26.0 Å². The van der Waals surface area contributed by atoms with Gasteiger partial charge in [0.15, 0.2) is 0 Å². The molecule has 3 aromatic carbocycles. The zero-order valence-corrected chi connectivity index (χ0v) is 21.0. The average molecular weight is 483 g/mol. The fourth-order valence-corrected chi connectivity index (χ4v) is 4.10. The van der Waals surface area contributed by atoms with Crippen LogP contribution in [0.5, 0.6) is 5.75 Å². The molecule has 0 aliphatic carbocycles. The Bertz CT molecular complexity index is 1360. The number of para-hydroxylation sites is 1. The molecule has 1 N–H and O–H groups in total. The van der Waals surface area contributed by atoms with E-state index in [2.05, 4.69) is 5.32 Å². The lowest BCUT2D eigenvalue weighted by Gasteiger charge is -2.18. The molecule has 0 saturated heterocycles. The summed E-state index contributed by atoms with van der Waals surface area (Å²) in [4.78, 5) is 27.8. The number of hydrogen-bond donors (Lipinski definition) is 1. The van der Waals surface area contributed by atoms with Gasteiger partial charge in [0.2, 0.25) is 5.91 Å². The number of nitrogens with zero attached hydrogens (tertiary/aromatic N) is 3. The first-order chi connectivity index (χ1) is 17.4. The Balaban J connectivity index is 1.60. The van der Waals surface area contributed by atoms with E-state index in [4.69, 9.17) is 9.84 Å². The van der Waals surface area contributed by atoms with Crippen LogP contribution in [0, 0.1) is 13.8 Å². The molecule has 0 spiro atoms. The molecule has 0 radical (unpaired) electrons. The summed E-state index contributed by atoms with van der Waals surface area (Å²) in [6.45, 7) is 4.31. The van der Waals surface area contributed by atoms with Crippen LogP contribution in [-0.4, -0.2) is 47.2 Å². The Labute approximate surface area is 211 Å². The van der Waals surface area contributed by atoms with Gasteiger partial charge < -0.3 is 15.0 Å². The van der Waals surface area contributed by atoms with Crippen molar-refractivity contribution in [1.29, 1.82) is 0 Å². The fraction of sp³-hybridized carbons (Fsp3) is 0.207. The number of methoxy groups -OCH3 is 1. The molecule has 0 saturated carbocycles. The molecule has 36 heavy (non-hydrogen) atoms. The van der Waals surface area contributed by atoms with Crippen LogP contribution in [0.3, 0.4) is 0 Å². The zero-order chi connectivity index (χ0) is 25.7. The molecule has 0 fully saturated rings. The molecule has 1 heterocycles. The SMILES string of the molecule is COc1cccc(-c2nn(Cc3ccccc3)cc2C(=O)N(C)CC(=O)Nc2c(C)cccc2C)c1. The number of benzene rings is 3. The summed E-state index contributed by atoms with van der Waals surface area (Å²) in [5.74, 6) is 0.122. The van der Waals surface area contributed by atoms with Crippen LogP contribution in [0.4, 0.5) is 5.69 Å². The number of anilines is 1. The summed E-state index contributed by atoms with van der Waals surface area (Å²) in [5.41, 5.74) is 5.50. The molecule has 1 aromatic heterocycles. The normalized spacial score (nSPS) is 10.7. The number of rotatable bonds is 8. The Morgan fingerprint density at radius 2 is 1.67 bits per heavy atom. The summed E-state index contributed by atoms with van der Waals surface area (Å²) >= 11 is 0. The zero-order valence-electron chi connectivity index (χ0n) is 21.0.